The zero-order valence-electron chi connectivity index (χ0n) is 13.7. The third kappa shape index (κ3) is 14.8. The topological polar surface area (TPSA) is 95.5 Å². The Morgan fingerprint density at radius 2 is 1.23 bits per heavy atom. The van der Waals surface area contributed by atoms with Crippen LogP contribution in [-0.2, 0) is 14.4 Å². The molecule has 0 aliphatic rings. The fourth-order valence-corrected chi connectivity index (χ4v) is 2.04. The van der Waals surface area contributed by atoms with Gasteiger partial charge in [-0.1, -0.05) is 45.4 Å². The second-order valence-corrected chi connectivity index (χ2v) is 5.46. The molecule has 0 saturated heterocycles. The van der Waals surface area contributed by atoms with Gasteiger partial charge in [-0.3, -0.25) is 14.4 Å². The van der Waals surface area contributed by atoms with Gasteiger partial charge in [-0.2, -0.15) is 0 Å². The number of carboxylic acids is 1. The maximum Gasteiger partial charge on any atom is 0.305 e. The van der Waals surface area contributed by atoms with Gasteiger partial charge in [-0.25, -0.2) is 0 Å². The van der Waals surface area contributed by atoms with E-state index in [1.54, 1.807) is 0 Å². The minimum absolute atomic E-state index is 0.0214. The van der Waals surface area contributed by atoms with Gasteiger partial charge < -0.3 is 15.7 Å². The largest absolute Gasteiger partial charge is 0.481 e. The molecule has 0 heterocycles. The maximum absolute atomic E-state index is 11.5. The van der Waals surface area contributed by atoms with E-state index in [2.05, 4.69) is 17.6 Å². The average molecular weight is 314 g/mol. The summed E-state index contributed by atoms with van der Waals surface area (Å²) in [6, 6.07) is 0. The van der Waals surface area contributed by atoms with Gasteiger partial charge in [0.25, 0.3) is 0 Å². The molecule has 0 atom stereocenters. The molecule has 6 heteroatoms. The molecule has 0 aromatic carbocycles. The molecular weight excluding hydrogens is 284 g/mol. The highest BCUT2D eigenvalue weighted by atomic mass is 16.4. The molecule has 0 aromatic rings. The minimum Gasteiger partial charge on any atom is -0.481 e. The number of hydrogen-bond acceptors (Lipinski definition) is 3. The molecule has 0 rings (SSSR count). The Morgan fingerprint density at radius 3 is 1.82 bits per heavy atom. The fraction of sp³-hybridized carbons (Fsp3) is 0.812. The molecule has 0 bridgehead atoms. The SMILES string of the molecule is CCCCCCCCCC(=O)NCCC(=O)NCCC(=O)O. The first kappa shape index (κ1) is 20.4. The van der Waals surface area contributed by atoms with E-state index in [9.17, 15) is 14.4 Å². The fourth-order valence-electron chi connectivity index (χ4n) is 2.04. The molecule has 3 N–H and O–H groups in total. The summed E-state index contributed by atoms with van der Waals surface area (Å²) in [5.41, 5.74) is 0. The van der Waals surface area contributed by atoms with Crippen molar-refractivity contribution in [2.75, 3.05) is 13.1 Å². The van der Waals surface area contributed by atoms with E-state index >= 15 is 0 Å². The number of carbonyl (C=O) groups excluding carboxylic acids is 2. The lowest BCUT2D eigenvalue weighted by molar-refractivity contribution is -0.137. The van der Waals surface area contributed by atoms with Gasteiger partial charge in [-0.05, 0) is 6.42 Å². The van der Waals surface area contributed by atoms with Crippen molar-refractivity contribution in [3.8, 4) is 0 Å². The van der Waals surface area contributed by atoms with Crippen LogP contribution in [0.4, 0.5) is 0 Å². The normalized spacial score (nSPS) is 10.2. The summed E-state index contributed by atoms with van der Waals surface area (Å²) in [5.74, 6) is -1.20. The number of nitrogens with one attached hydrogen (secondary N) is 2. The van der Waals surface area contributed by atoms with Crippen LogP contribution in [0.1, 0.15) is 71.1 Å². The van der Waals surface area contributed by atoms with Gasteiger partial charge in [0, 0.05) is 25.9 Å². The van der Waals surface area contributed by atoms with E-state index in [1.807, 2.05) is 0 Å². The zero-order valence-corrected chi connectivity index (χ0v) is 13.7. The van der Waals surface area contributed by atoms with Gasteiger partial charge in [0.1, 0.15) is 0 Å². The summed E-state index contributed by atoms with van der Waals surface area (Å²) in [7, 11) is 0. The number of rotatable bonds is 14. The van der Waals surface area contributed by atoms with E-state index < -0.39 is 5.97 Å². The predicted octanol–water partition coefficient (Wildman–Crippen LogP) is 2.22. The van der Waals surface area contributed by atoms with E-state index in [0.29, 0.717) is 13.0 Å². The number of amides is 2. The van der Waals surface area contributed by atoms with Crippen LogP contribution < -0.4 is 10.6 Å². The first-order valence-electron chi connectivity index (χ1n) is 8.31. The highest BCUT2D eigenvalue weighted by molar-refractivity contribution is 5.79. The molecule has 2 amide bonds. The molecule has 22 heavy (non-hydrogen) atoms. The van der Waals surface area contributed by atoms with Crippen LogP contribution in [0.3, 0.4) is 0 Å². The Balaban J connectivity index is 3.38. The first-order chi connectivity index (χ1) is 10.6. The molecule has 0 radical (unpaired) electrons. The van der Waals surface area contributed by atoms with Gasteiger partial charge >= 0.3 is 5.97 Å². The van der Waals surface area contributed by atoms with Crippen molar-refractivity contribution in [1.29, 1.82) is 0 Å². The summed E-state index contributed by atoms with van der Waals surface area (Å²) in [4.78, 5) is 33.2. The minimum atomic E-state index is -0.941. The lowest BCUT2D eigenvalue weighted by atomic mass is 10.1. The second kappa shape index (κ2) is 14.4. The molecule has 0 saturated carbocycles. The summed E-state index contributed by atoms with van der Waals surface area (Å²) < 4.78 is 0. The lowest BCUT2D eigenvalue weighted by Crippen LogP contribution is -2.31. The zero-order chi connectivity index (χ0) is 16.6. The number of aliphatic carboxylic acids is 1. The van der Waals surface area contributed by atoms with Gasteiger partial charge in [0.15, 0.2) is 0 Å². The molecule has 0 spiro atoms. The number of carbonyl (C=O) groups is 3. The van der Waals surface area contributed by atoms with Crippen LogP contribution in [0, 0.1) is 0 Å². The number of unbranched alkanes of at least 4 members (excludes halogenated alkanes) is 6. The average Bonchev–Trinajstić information content (AvgIpc) is 2.46. The molecule has 0 unspecified atom stereocenters. The van der Waals surface area contributed by atoms with Crippen LogP contribution in [0.25, 0.3) is 0 Å². The molecule has 0 aliphatic carbocycles. The highest BCUT2D eigenvalue weighted by Gasteiger charge is 2.05. The maximum atomic E-state index is 11.5. The van der Waals surface area contributed by atoms with Gasteiger partial charge in [0.2, 0.25) is 11.8 Å². The Morgan fingerprint density at radius 1 is 0.727 bits per heavy atom. The van der Waals surface area contributed by atoms with Crippen molar-refractivity contribution in [3.63, 3.8) is 0 Å². The van der Waals surface area contributed by atoms with Crippen LogP contribution >= 0.6 is 0 Å². The summed E-state index contributed by atoms with van der Waals surface area (Å²) in [6.45, 7) is 2.62. The van der Waals surface area contributed by atoms with Crippen molar-refractivity contribution in [3.05, 3.63) is 0 Å². The third-order valence-electron chi connectivity index (χ3n) is 3.34. The molecule has 6 nitrogen and oxygen atoms in total. The predicted molar refractivity (Wildman–Crippen MR) is 85.5 cm³/mol. The van der Waals surface area contributed by atoms with E-state index in [1.165, 1.54) is 32.1 Å². The van der Waals surface area contributed by atoms with Gasteiger partial charge in [-0.15, -0.1) is 0 Å². The first-order valence-corrected chi connectivity index (χ1v) is 8.31. The van der Waals surface area contributed by atoms with Crippen molar-refractivity contribution in [1.82, 2.24) is 10.6 Å². The Kier molecular flexibility index (Phi) is 13.3. The van der Waals surface area contributed by atoms with E-state index in [4.69, 9.17) is 5.11 Å². The second-order valence-electron chi connectivity index (χ2n) is 5.46. The Hall–Kier alpha value is -1.59. The van der Waals surface area contributed by atoms with Crippen molar-refractivity contribution in [2.45, 2.75) is 71.1 Å². The summed E-state index contributed by atoms with van der Waals surface area (Å²) in [6.07, 6.45) is 8.80. The number of hydrogen-bond donors (Lipinski definition) is 3. The Bertz CT molecular complexity index is 332. The standard InChI is InChI=1S/C16H30N2O4/c1-2-3-4-5-6-7-8-9-14(19)17-12-10-15(20)18-13-11-16(21)22/h2-13H2,1H3,(H,17,19)(H,18,20)(H,21,22). The van der Waals surface area contributed by atoms with Crippen LogP contribution in [0.5, 0.6) is 0 Å². The summed E-state index contributed by atoms with van der Waals surface area (Å²) in [5, 5.41) is 13.6. The molecule has 0 fully saturated rings. The van der Waals surface area contributed by atoms with Crippen molar-refractivity contribution < 1.29 is 19.5 Å². The van der Waals surface area contributed by atoms with Crippen molar-refractivity contribution >= 4 is 17.8 Å². The van der Waals surface area contributed by atoms with Crippen molar-refractivity contribution in [2.24, 2.45) is 0 Å². The third-order valence-corrected chi connectivity index (χ3v) is 3.34. The summed E-state index contributed by atoms with van der Waals surface area (Å²) >= 11 is 0. The van der Waals surface area contributed by atoms with Crippen LogP contribution in [0.15, 0.2) is 0 Å². The lowest BCUT2D eigenvalue weighted by Gasteiger charge is -2.06. The smallest absolute Gasteiger partial charge is 0.305 e. The van der Waals surface area contributed by atoms with E-state index in [-0.39, 0.29) is 31.2 Å². The van der Waals surface area contributed by atoms with Crippen LogP contribution in [-0.4, -0.2) is 36.0 Å². The highest BCUT2D eigenvalue weighted by Crippen LogP contribution is 2.08. The Labute approximate surface area is 133 Å². The molecule has 128 valence electrons. The van der Waals surface area contributed by atoms with Crippen LogP contribution in [0.2, 0.25) is 0 Å². The quantitative estimate of drug-likeness (QED) is 0.428. The molecule has 0 aliphatic heterocycles. The van der Waals surface area contributed by atoms with Gasteiger partial charge in [0.05, 0.1) is 6.42 Å². The molecular formula is C16H30N2O4. The van der Waals surface area contributed by atoms with E-state index in [0.717, 1.165) is 12.8 Å². The molecule has 0 aromatic heterocycles. The number of carboxylic acid groups (broad SMARTS) is 1. The monoisotopic (exact) mass is 314 g/mol.